The average molecular weight is 300 g/mol. The molecule has 0 unspecified atom stereocenters. The summed E-state index contributed by atoms with van der Waals surface area (Å²) in [6, 6.07) is 0. The molecule has 1 heterocycles. The monoisotopic (exact) mass is 298 g/mol. The molecule has 0 radical (unpaired) electrons. The molecule has 1 aliphatic rings. The Morgan fingerprint density at radius 1 is 1.67 bits per heavy atom. The second-order valence-electron chi connectivity index (χ2n) is 4.38. The predicted octanol–water partition coefficient (Wildman–Crippen LogP) is 1.79. The summed E-state index contributed by atoms with van der Waals surface area (Å²) in [5.74, 6) is 0. The van der Waals surface area contributed by atoms with E-state index in [0.717, 1.165) is 0 Å². The van der Waals surface area contributed by atoms with Crippen molar-refractivity contribution in [2.24, 2.45) is 0 Å². The highest BCUT2D eigenvalue weighted by atomic mass is 79.9. The van der Waals surface area contributed by atoms with E-state index in [1.807, 2.05) is 0 Å². The van der Waals surface area contributed by atoms with Gasteiger partial charge < -0.3 is 14.9 Å². The summed E-state index contributed by atoms with van der Waals surface area (Å²) in [4.78, 5) is -0.0982. The number of aliphatic hydroxyl groups is 2. The van der Waals surface area contributed by atoms with Crippen LogP contribution in [0.1, 0.15) is 20.3 Å². The molecular weight excluding hydrogens is 283 g/mol. The Morgan fingerprint density at radius 2 is 2.27 bits per heavy atom. The van der Waals surface area contributed by atoms with Crippen LogP contribution in [0.25, 0.3) is 0 Å². The van der Waals surface area contributed by atoms with Crippen LogP contribution in [0.2, 0.25) is 0 Å². The molecule has 0 aliphatic carbocycles. The smallest absolute Gasteiger partial charge is 0.107 e. The normalized spacial score (nSPS) is 41.7. The predicted molar refractivity (Wildman–Crippen MR) is 63.3 cm³/mol. The Bertz CT molecular complexity index is 253. The maximum atomic E-state index is 10.0. The molecule has 1 saturated heterocycles. The molecule has 0 spiro atoms. The van der Waals surface area contributed by atoms with Crippen molar-refractivity contribution >= 4 is 27.5 Å². The maximum absolute atomic E-state index is 10.0. The molecule has 4 atom stereocenters. The van der Waals surface area contributed by atoms with Crippen molar-refractivity contribution in [3.05, 3.63) is 11.6 Å². The Hall–Kier alpha value is 0.390. The van der Waals surface area contributed by atoms with Gasteiger partial charge in [0.05, 0.1) is 18.3 Å². The van der Waals surface area contributed by atoms with Crippen molar-refractivity contribution in [3.63, 3.8) is 0 Å². The third-order valence-corrected chi connectivity index (χ3v) is 4.21. The first-order chi connectivity index (χ1) is 6.79. The van der Waals surface area contributed by atoms with E-state index in [1.54, 1.807) is 13.8 Å². The molecule has 1 fully saturated rings. The van der Waals surface area contributed by atoms with Crippen LogP contribution >= 0.6 is 27.5 Å². The fourth-order valence-electron chi connectivity index (χ4n) is 1.51. The van der Waals surface area contributed by atoms with Gasteiger partial charge >= 0.3 is 0 Å². The summed E-state index contributed by atoms with van der Waals surface area (Å²) < 4.78 is 5.44. The molecule has 2 N–H and O–H groups in total. The third-order valence-electron chi connectivity index (χ3n) is 2.72. The Morgan fingerprint density at radius 3 is 2.73 bits per heavy atom. The minimum atomic E-state index is -1.11. The second kappa shape index (κ2) is 4.72. The topological polar surface area (TPSA) is 49.7 Å². The van der Waals surface area contributed by atoms with Crippen LogP contribution < -0.4 is 0 Å². The highest BCUT2D eigenvalue weighted by molar-refractivity contribution is 9.09. The molecule has 5 heteroatoms. The number of hydrogen-bond acceptors (Lipinski definition) is 3. The zero-order chi connectivity index (χ0) is 11.7. The van der Waals surface area contributed by atoms with E-state index in [2.05, 4.69) is 15.9 Å². The summed E-state index contributed by atoms with van der Waals surface area (Å²) in [5, 5.41) is 19.9. The van der Waals surface area contributed by atoms with Crippen molar-refractivity contribution in [1.82, 2.24) is 0 Å². The van der Waals surface area contributed by atoms with Crippen molar-refractivity contribution in [2.75, 3.05) is 6.61 Å². The summed E-state index contributed by atoms with van der Waals surface area (Å²) in [5.41, 5.74) is -0.721. The van der Waals surface area contributed by atoms with Crippen LogP contribution in [0.5, 0.6) is 0 Å². The molecule has 88 valence electrons. The molecule has 1 aliphatic heterocycles. The van der Waals surface area contributed by atoms with E-state index in [1.165, 1.54) is 11.6 Å². The highest BCUT2D eigenvalue weighted by Crippen LogP contribution is 2.33. The van der Waals surface area contributed by atoms with Crippen LogP contribution in [0.4, 0.5) is 0 Å². The zero-order valence-corrected chi connectivity index (χ0v) is 11.1. The Kier molecular flexibility index (Phi) is 4.23. The average Bonchev–Trinajstić information content (AvgIpc) is 2.09. The fourth-order valence-corrected chi connectivity index (χ4v) is 2.24. The molecular formula is C10H16BrClO3. The van der Waals surface area contributed by atoms with Gasteiger partial charge in [0.2, 0.25) is 0 Å². The van der Waals surface area contributed by atoms with E-state index in [9.17, 15) is 10.2 Å². The zero-order valence-electron chi connectivity index (χ0n) is 8.78. The summed E-state index contributed by atoms with van der Waals surface area (Å²) in [6.45, 7) is 3.53. The molecule has 0 saturated carbocycles. The lowest BCUT2D eigenvalue weighted by atomic mass is 9.88. The van der Waals surface area contributed by atoms with Crippen LogP contribution in [0, 0.1) is 0 Å². The lowest BCUT2D eigenvalue weighted by Gasteiger charge is -2.42. The molecule has 0 aromatic heterocycles. The van der Waals surface area contributed by atoms with Gasteiger partial charge in [-0.05, 0) is 26.3 Å². The number of alkyl halides is 1. The maximum Gasteiger partial charge on any atom is 0.107 e. The van der Waals surface area contributed by atoms with Crippen molar-refractivity contribution in [2.45, 2.75) is 42.4 Å². The minimum Gasteiger partial charge on any atom is -0.387 e. The lowest BCUT2D eigenvalue weighted by molar-refractivity contribution is -0.152. The minimum absolute atomic E-state index is 0.0982. The van der Waals surface area contributed by atoms with Gasteiger partial charge in [0.15, 0.2) is 0 Å². The van der Waals surface area contributed by atoms with E-state index >= 15 is 0 Å². The molecule has 0 aromatic rings. The highest BCUT2D eigenvalue weighted by Gasteiger charge is 2.43. The Balaban J connectivity index is 2.69. The quantitative estimate of drug-likeness (QED) is 0.764. The molecule has 15 heavy (non-hydrogen) atoms. The molecule has 1 rings (SSSR count). The summed E-state index contributed by atoms with van der Waals surface area (Å²) >= 11 is 8.84. The second-order valence-corrected chi connectivity index (χ2v) is 5.74. The van der Waals surface area contributed by atoms with Crippen LogP contribution in [-0.4, -0.2) is 39.0 Å². The number of rotatable bonds is 2. The SMILES string of the molecule is C[C@](O)(/C=C/Cl)[C@H]1C[C@H](Br)[C@@](C)(O)CO1. The number of hydrogen-bond donors (Lipinski definition) is 2. The number of ether oxygens (including phenoxy) is 1. The van der Waals surface area contributed by atoms with Gasteiger partial charge in [0.25, 0.3) is 0 Å². The van der Waals surface area contributed by atoms with E-state index in [-0.39, 0.29) is 17.5 Å². The van der Waals surface area contributed by atoms with Gasteiger partial charge in [-0.25, -0.2) is 0 Å². The van der Waals surface area contributed by atoms with Gasteiger partial charge in [-0.2, -0.15) is 0 Å². The van der Waals surface area contributed by atoms with Crippen molar-refractivity contribution < 1.29 is 14.9 Å². The van der Waals surface area contributed by atoms with Gasteiger partial charge in [-0.15, -0.1) is 0 Å². The van der Waals surface area contributed by atoms with Crippen LogP contribution in [0.15, 0.2) is 11.6 Å². The van der Waals surface area contributed by atoms with Crippen molar-refractivity contribution in [1.29, 1.82) is 0 Å². The van der Waals surface area contributed by atoms with Crippen LogP contribution in [0.3, 0.4) is 0 Å². The van der Waals surface area contributed by atoms with Gasteiger partial charge in [-0.1, -0.05) is 27.5 Å². The van der Waals surface area contributed by atoms with Gasteiger partial charge in [0.1, 0.15) is 5.60 Å². The standard InChI is InChI=1S/C10H16BrClO3/c1-9(13,3-4-12)8-5-7(11)10(2,14)6-15-8/h3-4,7-8,13-14H,5-6H2,1-2H3/b4-3+/t7-,8+,9-,10-/m0/s1. The first kappa shape index (κ1) is 13.5. The van der Waals surface area contributed by atoms with Crippen molar-refractivity contribution in [3.8, 4) is 0 Å². The largest absolute Gasteiger partial charge is 0.387 e. The third kappa shape index (κ3) is 3.17. The first-order valence-electron chi connectivity index (χ1n) is 4.78. The summed E-state index contributed by atoms with van der Waals surface area (Å²) in [7, 11) is 0. The molecule has 3 nitrogen and oxygen atoms in total. The molecule has 0 aromatic carbocycles. The van der Waals surface area contributed by atoms with E-state index < -0.39 is 11.2 Å². The Labute approximate surface area is 103 Å². The fraction of sp³-hybridized carbons (Fsp3) is 0.800. The van der Waals surface area contributed by atoms with E-state index in [0.29, 0.717) is 6.42 Å². The van der Waals surface area contributed by atoms with E-state index in [4.69, 9.17) is 16.3 Å². The van der Waals surface area contributed by atoms with Gasteiger partial charge in [0, 0.05) is 10.4 Å². The lowest BCUT2D eigenvalue weighted by Crippen LogP contribution is -2.53. The van der Waals surface area contributed by atoms with Gasteiger partial charge in [-0.3, -0.25) is 0 Å². The summed E-state index contributed by atoms with van der Waals surface area (Å²) in [6.07, 6.45) is 1.65. The first-order valence-corrected chi connectivity index (χ1v) is 6.13. The number of halogens is 2. The molecule has 0 bridgehead atoms. The van der Waals surface area contributed by atoms with Crippen LogP contribution in [-0.2, 0) is 4.74 Å². The molecule has 0 amide bonds.